The lowest BCUT2D eigenvalue weighted by Crippen LogP contribution is -2.43. The highest BCUT2D eigenvalue weighted by Crippen LogP contribution is 2.21. The summed E-state index contributed by atoms with van der Waals surface area (Å²) in [7, 11) is 1.37. The predicted molar refractivity (Wildman–Crippen MR) is 71.3 cm³/mol. The topological polar surface area (TPSA) is 107 Å². The van der Waals surface area contributed by atoms with E-state index in [0.29, 0.717) is 5.56 Å². The maximum atomic E-state index is 13.6. The van der Waals surface area contributed by atoms with Crippen molar-refractivity contribution in [3.63, 3.8) is 0 Å². The van der Waals surface area contributed by atoms with E-state index in [2.05, 4.69) is 5.32 Å². The Morgan fingerprint density at radius 3 is 2.60 bits per heavy atom. The molecule has 0 aliphatic rings. The van der Waals surface area contributed by atoms with Gasteiger partial charge in [-0.2, -0.15) is 0 Å². The first kappa shape index (κ1) is 15.9. The van der Waals surface area contributed by atoms with Gasteiger partial charge in [0.05, 0.1) is 25.6 Å². The normalized spacial score (nSPS) is 13.4. The summed E-state index contributed by atoms with van der Waals surface area (Å²) in [6, 6.07) is 2.90. The number of hydrogen-bond donors (Lipinski definition) is 3. The van der Waals surface area contributed by atoms with Gasteiger partial charge in [-0.15, -0.1) is 0 Å². The summed E-state index contributed by atoms with van der Waals surface area (Å²) in [5.74, 6) is -1.58. The molecule has 2 atom stereocenters. The molecule has 110 valence electrons. The third-order valence-corrected chi connectivity index (χ3v) is 2.79. The van der Waals surface area contributed by atoms with E-state index < -0.39 is 29.7 Å². The number of rotatable bonds is 6. The van der Waals surface area contributed by atoms with Crippen LogP contribution in [0.3, 0.4) is 0 Å². The molecular formula is C13H18FN3O3. The van der Waals surface area contributed by atoms with Gasteiger partial charge in [0.1, 0.15) is 0 Å². The molecule has 1 rings (SSSR count). The molecule has 0 fully saturated rings. The van der Waals surface area contributed by atoms with Crippen LogP contribution in [0.25, 0.3) is 0 Å². The van der Waals surface area contributed by atoms with E-state index in [-0.39, 0.29) is 12.2 Å². The van der Waals surface area contributed by atoms with Crippen LogP contribution in [-0.4, -0.2) is 25.0 Å². The molecule has 20 heavy (non-hydrogen) atoms. The number of carbonyl (C=O) groups is 2. The van der Waals surface area contributed by atoms with E-state index in [1.165, 1.54) is 19.2 Å². The van der Waals surface area contributed by atoms with Crippen LogP contribution in [0, 0.1) is 5.82 Å². The van der Waals surface area contributed by atoms with Crippen LogP contribution in [0.4, 0.5) is 4.39 Å². The highest BCUT2D eigenvalue weighted by Gasteiger charge is 2.19. The summed E-state index contributed by atoms with van der Waals surface area (Å²) in [5.41, 5.74) is 11.0. The highest BCUT2D eigenvalue weighted by atomic mass is 19.1. The van der Waals surface area contributed by atoms with Crippen LogP contribution in [-0.2, 0) is 9.59 Å². The number of benzene rings is 1. The summed E-state index contributed by atoms with van der Waals surface area (Å²) in [6.45, 7) is 1.68. The van der Waals surface area contributed by atoms with Crippen molar-refractivity contribution < 1.29 is 18.7 Å². The first-order valence-electron chi connectivity index (χ1n) is 6.02. The molecule has 0 aliphatic heterocycles. The Hall–Kier alpha value is -2.15. The Labute approximate surface area is 116 Å². The molecule has 2 amide bonds. The first-order valence-corrected chi connectivity index (χ1v) is 6.02. The summed E-state index contributed by atoms with van der Waals surface area (Å²) in [4.78, 5) is 22.4. The van der Waals surface area contributed by atoms with Crippen LogP contribution >= 0.6 is 0 Å². The Kier molecular flexibility index (Phi) is 5.45. The van der Waals surface area contributed by atoms with E-state index in [4.69, 9.17) is 16.2 Å². The van der Waals surface area contributed by atoms with Gasteiger partial charge in [0.25, 0.3) is 0 Å². The third kappa shape index (κ3) is 4.20. The molecule has 0 radical (unpaired) electrons. The van der Waals surface area contributed by atoms with Gasteiger partial charge in [-0.1, -0.05) is 6.07 Å². The van der Waals surface area contributed by atoms with Crippen molar-refractivity contribution in [2.45, 2.75) is 25.4 Å². The van der Waals surface area contributed by atoms with Crippen molar-refractivity contribution in [3.05, 3.63) is 29.6 Å². The molecule has 2 unspecified atom stereocenters. The number of carbonyl (C=O) groups excluding carboxylic acids is 2. The summed E-state index contributed by atoms with van der Waals surface area (Å²) in [6.07, 6.45) is -0.241. The molecule has 0 aromatic heterocycles. The number of nitrogens with two attached hydrogens (primary N) is 2. The average Bonchev–Trinajstić information content (AvgIpc) is 2.37. The zero-order valence-corrected chi connectivity index (χ0v) is 11.4. The zero-order valence-electron chi connectivity index (χ0n) is 11.4. The largest absolute Gasteiger partial charge is 0.494 e. The van der Waals surface area contributed by atoms with Crippen molar-refractivity contribution in [3.8, 4) is 5.75 Å². The second kappa shape index (κ2) is 6.85. The third-order valence-electron chi connectivity index (χ3n) is 2.79. The van der Waals surface area contributed by atoms with Crippen LogP contribution in [0.2, 0.25) is 0 Å². The molecule has 0 saturated carbocycles. The molecule has 0 spiro atoms. The molecule has 6 nitrogen and oxygen atoms in total. The molecule has 1 aromatic rings. The number of ether oxygens (including phenoxy) is 1. The lowest BCUT2D eigenvalue weighted by Gasteiger charge is -2.17. The number of nitrogens with one attached hydrogen (secondary N) is 1. The van der Waals surface area contributed by atoms with Crippen molar-refractivity contribution in [2.75, 3.05) is 7.11 Å². The molecule has 0 heterocycles. The molecule has 7 heteroatoms. The Balaban J connectivity index is 2.71. The van der Waals surface area contributed by atoms with Gasteiger partial charge in [0.2, 0.25) is 11.8 Å². The van der Waals surface area contributed by atoms with Crippen LogP contribution in [0.1, 0.15) is 24.9 Å². The summed E-state index contributed by atoms with van der Waals surface area (Å²) in [5, 5.41) is 2.59. The number of methoxy groups -OCH3 is 1. The minimum atomic E-state index is -1.02. The monoisotopic (exact) mass is 283 g/mol. The Bertz CT molecular complexity index is 508. The Morgan fingerprint density at radius 2 is 2.10 bits per heavy atom. The molecular weight excluding hydrogens is 265 g/mol. The quantitative estimate of drug-likeness (QED) is 0.693. The van der Waals surface area contributed by atoms with Gasteiger partial charge < -0.3 is 21.5 Å². The second-order valence-electron chi connectivity index (χ2n) is 4.40. The van der Waals surface area contributed by atoms with E-state index in [1.54, 1.807) is 13.0 Å². The molecule has 5 N–H and O–H groups in total. The molecule has 0 saturated heterocycles. The van der Waals surface area contributed by atoms with Crippen LogP contribution < -0.4 is 21.5 Å². The van der Waals surface area contributed by atoms with Crippen LogP contribution in [0.5, 0.6) is 5.75 Å². The van der Waals surface area contributed by atoms with Crippen LogP contribution in [0.15, 0.2) is 18.2 Å². The van der Waals surface area contributed by atoms with Crippen molar-refractivity contribution in [1.29, 1.82) is 0 Å². The van der Waals surface area contributed by atoms with E-state index >= 15 is 0 Å². The lowest BCUT2D eigenvalue weighted by atomic mass is 10.1. The smallest absolute Gasteiger partial charge is 0.237 e. The van der Waals surface area contributed by atoms with Gasteiger partial charge >= 0.3 is 0 Å². The Morgan fingerprint density at radius 1 is 1.45 bits per heavy atom. The minimum absolute atomic E-state index is 0.123. The SMILES string of the molecule is COc1ccc(C(C)NC(=O)C(N)CC(N)=O)cc1F. The van der Waals surface area contributed by atoms with Gasteiger partial charge in [-0.25, -0.2) is 4.39 Å². The minimum Gasteiger partial charge on any atom is -0.494 e. The van der Waals surface area contributed by atoms with E-state index in [9.17, 15) is 14.0 Å². The number of primary amides is 1. The number of hydrogen-bond acceptors (Lipinski definition) is 4. The van der Waals surface area contributed by atoms with Crippen molar-refractivity contribution in [2.24, 2.45) is 11.5 Å². The molecule has 1 aromatic carbocycles. The van der Waals surface area contributed by atoms with Crippen molar-refractivity contribution >= 4 is 11.8 Å². The van der Waals surface area contributed by atoms with Crippen molar-refractivity contribution in [1.82, 2.24) is 5.32 Å². The number of halogens is 1. The summed E-state index contributed by atoms with van der Waals surface area (Å²) < 4.78 is 18.4. The van der Waals surface area contributed by atoms with Gasteiger partial charge in [0.15, 0.2) is 11.6 Å². The fraction of sp³-hybridized carbons (Fsp3) is 0.385. The highest BCUT2D eigenvalue weighted by molar-refractivity contribution is 5.87. The predicted octanol–water partition coefficient (Wildman–Crippen LogP) is 0.214. The number of amides is 2. The fourth-order valence-corrected chi connectivity index (χ4v) is 1.67. The average molecular weight is 283 g/mol. The molecule has 0 bridgehead atoms. The fourth-order valence-electron chi connectivity index (χ4n) is 1.67. The first-order chi connectivity index (χ1) is 9.35. The standard InChI is InChI=1S/C13H18FN3O3/c1-7(17-13(19)10(15)6-12(16)18)8-3-4-11(20-2)9(14)5-8/h3-5,7,10H,6,15H2,1-2H3,(H2,16,18)(H,17,19). The van der Waals surface area contributed by atoms with E-state index in [0.717, 1.165) is 0 Å². The maximum Gasteiger partial charge on any atom is 0.237 e. The van der Waals surface area contributed by atoms with E-state index in [1.807, 2.05) is 0 Å². The summed E-state index contributed by atoms with van der Waals surface area (Å²) >= 11 is 0. The van der Waals surface area contributed by atoms with Gasteiger partial charge in [0, 0.05) is 0 Å². The molecule has 0 aliphatic carbocycles. The lowest BCUT2D eigenvalue weighted by molar-refractivity contribution is -0.126. The van der Waals surface area contributed by atoms with Gasteiger partial charge in [-0.05, 0) is 24.6 Å². The zero-order chi connectivity index (χ0) is 15.3. The van der Waals surface area contributed by atoms with Gasteiger partial charge in [-0.3, -0.25) is 9.59 Å². The second-order valence-corrected chi connectivity index (χ2v) is 4.40. The maximum absolute atomic E-state index is 13.6.